The first-order valence-electron chi connectivity index (χ1n) is 7.52. The Morgan fingerprint density at radius 2 is 1.67 bits per heavy atom. The molecule has 1 aromatic carbocycles. The summed E-state index contributed by atoms with van der Waals surface area (Å²) < 4.78 is 0. The van der Waals surface area contributed by atoms with Gasteiger partial charge in [-0.15, -0.1) is 0 Å². The van der Waals surface area contributed by atoms with Gasteiger partial charge in [0.1, 0.15) is 0 Å². The smallest absolute Gasteiger partial charge is 0.319 e. The van der Waals surface area contributed by atoms with E-state index in [1.165, 1.54) is 25.7 Å². The minimum atomic E-state index is -0.859. The van der Waals surface area contributed by atoms with E-state index >= 15 is 0 Å². The summed E-state index contributed by atoms with van der Waals surface area (Å²) in [6.07, 6.45) is 6.95. The Hall–Kier alpha value is -2.04. The predicted octanol–water partition coefficient (Wildman–Crippen LogP) is 3.16. The highest BCUT2D eigenvalue weighted by Crippen LogP contribution is 2.17. The Labute approximate surface area is 124 Å². The molecule has 2 amide bonds. The fraction of sp³-hybridized carbons (Fsp3) is 0.500. The summed E-state index contributed by atoms with van der Waals surface area (Å²) in [5.41, 5.74) is 1.40. The first-order chi connectivity index (χ1) is 10.1. The van der Waals surface area contributed by atoms with Crippen LogP contribution in [0.4, 0.5) is 10.5 Å². The van der Waals surface area contributed by atoms with Crippen LogP contribution < -0.4 is 10.6 Å². The Morgan fingerprint density at radius 1 is 1.05 bits per heavy atom. The number of nitrogens with one attached hydrogen (secondary N) is 2. The molecule has 114 valence electrons. The molecule has 2 rings (SSSR count). The van der Waals surface area contributed by atoms with Crippen molar-refractivity contribution in [1.29, 1.82) is 0 Å². The molecule has 0 aromatic heterocycles. The zero-order valence-electron chi connectivity index (χ0n) is 12.1. The van der Waals surface area contributed by atoms with Gasteiger partial charge in [-0.2, -0.15) is 0 Å². The lowest BCUT2D eigenvalue weighted by Crippen LogP contribution is -2.37. The van der Waals surface area contributed by atoms with Crippen LogP contribution in [-0.2, 0) is 11.2 Å². The van der Waals surface area contributed by atoms with Crippen LogP contribution in [0.3, 0.4) is 0 Å². The van der Waals surface area contributed by atoms with Crippen LogP contribution in [0.25, 0.3) is 0 Å². The number of hydrogen-bond acceptors (Lipinski definition) is 2. The lowest BCUT2D eigenvalue weighted by Gasteiger charge is -2.16. The fourth-order valence-electron chi connectivity index (χ4n) is 2.66. The average Bonchev–Trinajstić information content (AvgIpc) is 2.69. The maximum Gasteiger partial charge on any atom is 0.319 e. The number of carbonyl (C=O) groups excluding carboxylic acids is 1. The second-order valence-electron chi connectivity index (χ2n) is 5.55. The van der Waals surface area contributed by atoms with Crippen LogP contribution in [0.5, 0.6) is 0 Å². The van der Waals surface area contributed by atoms with Crippen molar-refractivity contribution in [2.45, 2.75) is 51.0 Å². The van der Waals surface area contributed by atoms with Gasteiger partial charge in [0, 0.05) is 11.7 Å². The summed E-state index contributed by atoms with van der Waals surface area (Å²) in [6.45, 7) is 0. The topological polar surface area (TPSA) is 78.4 Å². The number of urea groups is 1. The molecule has 1 aliphatic carbocycles. The SMILES string of the molecule is O=C(O)Cc1ccc(NC(=O)NC2CCCCCC2)cc1. The highest BCUT2D eigenvalue weighted by Gasteiger charge is 2.14. The molecule has 0 heterocycles. The van der Waals surface area contributed by atoms with Gasteiger partial charge in [-0.25, -0.2) is 4.79 Å². The second-order valence-corrected chi connectivity index (χ2v) is 5.55. The van der Waals surface area contributed by atoms with Gasteiger partial charge in [-0.3, -0.25) is 4.79 Å². The van der Waals surface area contributed by atoms with Crippen molar-refractivity contribution >= 4 is 17.7 Å². The minimum Gasteiger partial charge on any atom is -0.481 e. The zero-order valence-corrected chi connectivity index (χ0v) is 12.1. The normalized spacial score (nSPS) is 16.0. The third-order valence-corrected chi connectivity index (χ3v) is 3.76. The van der Waals surface area contributed by atoms with Crippen molar-refractivity contribution in [3.05, 3.63) is 29.8 Å². The van der Waals surface area contributed by atoms with E-state index in [0.717, 1.165) is 18.4 Å². The summed E-state index contributed by atoms with van der Waals surface area (Å²) >= 11 is 0. The number of benzene rings is 1. The molecule has 21 heavy (non-hydrogen) atoms. The molecule has 5 heteroatoms. The molecule has 0 bridgehead atoms. The third kappa shape index (κ3) is 5.45. The molecule has 1 aromatic rings. The van der Waals surface area contributed by atoms with E-state index in [1.807, 2.05) is 0 Å². The largest absolute Gasteiger partial charge is 0.481 e. The summed E-state index contributed by atoms with van der Waals surface area (Å²) in [4.78, 5) is 22.5. The maximum absolute atomic E-state index is 11.9. The molecule has 1 fully saturated rings. The summed E-state index contributed by atoms with van der Waals surface area (Å²) in [5, 5.41) is 14.5. The quantitative estimate of drug-likeness (QED) is 0.745. The first-order valence-corrected chi connectivity index (χ1v) is 7.52. The van der Waals surface area contributed by atoms with Gasteiger partial charge in [-0.05, 0) is 30.5 Å². The summed E-state index contributed by atoms with van der Waals surface area (Å²) in [7, 11) is 0. The first kappa shape index (κ1) is 15.4. The summed E-state index contributed by atoms with van der Waals surface area (Å²) in [6, 6.07) is 6.97. The standard InChI is InChI=1S/C16H22N2O3/c19-15(20)11-12-7-9-14(10-8-12)18-16(21)17-13-5-3-1-2-4-6-13/h7-10,13H,1-6,11H2,(H,19,20)(H2,17,18,21). The van der Waals surface area contributed by atoms with Crippen LogP contribution in [0.15, 0.2) is 24.3 Å². The van der Waals surface area contributed by atoms with Crippen molar-refractivity contribution in [1.82, 2.24) is 5.32 Å². The van der Waals surface area contributed by atoms with Crippen molar-refractivity contribution in [2.75, 3.05) is 5.32 Å². The van der Waals surface area contributed by atoms with Gasteiger partial charge < -0.3 is 15.7 Å². The molecule has 0 aliphatic heterocycles. The van der Waals surface area contributed by atoms with Crippen LogP contribution in [0, 0.1) is 0 Å². The Balaban J connectivity index is 1.82. The van der Waals surface area contributed by atoms with E-state index < -0.39 is 5.97 Å². The fourth-order valence-corrected chi connectivity index (χ4v) is 2.66. The highest BCUT2D eigenvalue weighted by atomic mass is 16.4. The van der Waals surface area contributed by atoms with E-state index in [4.69, 9.17) is 5.11 Å². The average molecular weight is 290 g/mol. The molecule has 0 atom stereocenters. The molecule has 1 aliphatic rings. The van der Waals surface area contributed by atoms with Gasteiger partial charge in [-0.1, -0.05) is 37.8 Å². The van der Waals surface area contributed by atoms with E-state index in [9.17, 15) is 9.59 Å². The Bertz CT molecular complexity index is 477. The molecule has 1 saturated carbocycles. The Morgan fingerprint density at radius 3 is 2.24 bits per heavy atom. The van der Waals surface area contributed by atoms with Gasteiger partial charge in [0.15, 0.2) is 0 Å². The molecular weight excluding hydrogens is 268 g/mol. The molecule has 0 spiro atoms. The van der Waals surface area contributed by atoms with Gasteiger partial charge in [0.25, 0.3) is 0 Å². The number of aliphatic carboxylic acids is 1. The van der Waals surface area contributed by atoms with Crippen LogP contribution in [-0.4, -0.2) is 23.1 Å². The van der Waals surface area contributed by atoms with Gasteiger partial charge in [0.2, 0.25) is 0 Å². The summed E-state index contributed by atoms with van der Waals surface area (Å²) in [5.74, 6) is -0.859. The van der Waals surface area contributed by atoms with Crippen LogP contribution in [0.2, 0.25) is 0 Å². The highest BCUT2D eigenvalue weighted by molar-refractivity contribution is 5.89. The predicted molar refractivity (Wildman–Crippen MR) is 81.4 cm³/mol. The zero-order chi connectivity index (χ0) is 15.1. The number of hydrogen-bond donors (Lipinski definition) is 3. The van der Waals surface area contributed by atoms with Crippen molar-refractivity contribution < 1.29 is 14.7 Å². The van der Waals surface area contributed by atoms with Gasteiger partial charge in [0.05, 0.1) is 6.42 Å². The molecule has 5 nitrogen and oxygen atoms in total. The van der Waals surface area contributed by atoms with Crippen molar-refractivity contribution in [3.63, 3.8) is 0 Å². The number of anilines is 1. The van der Waals surface area contributed by atoms with Crippen LogP contribution in [0.1, 0.15) is 44.1 Å². The third-order valence-electron chi connectivity index (χ3n) is 3.76. The number of carboxylic acids is 1. The minimum absolute atomic E-state index is 0.00541. The molecule has 0 radical (unpaired) electrons. The van der Waals surface area contributed by atoms with Gasteiger partial charge >= 0.3 is 12.0 Å². The number of rotatable bonds is 4. The Kier molecular flexibility index (Phi) is 5.60. The monoisotopic (exact) mass is 290 g/mol. The lowest BCUT2D eigenvalue weighted by molar-refractivity contribution is -0.136. The van der Waals surface area contributed by atoms with Crippen molar-refractivity contribution in [3.8, 4) is 0 Å². The van der Waals surface area contributed by atoms with E-state index in [2.05, 4.69) is 10.6 Å². The van der Waals surface area contributed by atoms with E-state index in [0.29, 0.717) is 5.69 Å². The molecule has 0 saturated heterocycles. The number of carbonyl (C=O) groups is 2. The van der Waals surface area contributed by atoms with E-state index in [1.54, 1.807) is 24.3 Å². The molecular formula is C16H22N2O3. The number of carboxylic acid groups (broad SMARTS) is 1. The van der Waals surface area contributed by atoms with Crippen molar-refractivity contribution in [2.24, 2.45) is 0 Å². The molecule has 0 unspecified atom stereocenters. The van der Waals surface area contributed by atoms with E-state index in [-0.39, 0.29) is 18.5 Å². The molecule has 3 N–H and O–H groups in total. The van der Waals surface area contributed by atoms with Crippen LogP contribution >= 0.6 is 0 Å². The second kappa shape index (κ2) is 7.67. The number of amides is 2. The lowest BCUT2D eigenvalue weighted by atomic mass is 10.1. The maximum atomic E-state index is 11.9.